The number of hydrogen-bond acceptors (Lipinski definition) is 4. The number of benzene rings is 1. The minimum Gasteiger partial charge on any atom is -0.308 e. The Bertz CT molecular complexity index is 660. The summed E-state index contributed by atoms with van der Waals surface area (Å²) in [6.45, 7) is 2.11. The highest BCUT2D eigenvalue weighted by Crippen LogP contribution is 2.24. The third-order valence-corrected chi connectivity index (χ3v) is 3.47. The van der Waals surface area contributed by atoms with E-state index in [1.54, 1.807) is 19.1 Å². The van der Waals surface area contributed by atoms with Crippen molar-refractivity contribution >= 4 is 17.8 Å². The molecule has 1 aliphatic heterocycles. The number of anilines is 1. The van der Waals surface area contributed by atoms with Gasteiger partial charge < -0.3 is 4.90 Å². The zero-order valence-corrected chi connectivity index (χ0v) is 11.5. The first-order valence-corrected chi connectivity index (χ1v) is 6.64. The molecule has 6 heteroatoms. The monoisotopic (exact) mass is 282 g/mol. The lowest BCUT2D eigenvalue weighted by Gasteiger charge is -2.18. The van der Waals surface area contributed by atoms with Gasteiger partial charge in [-0.3, -0.25) is 4.79 Å². The molecule has 2 aromatic rings. The van der Waals surface area contributed by atoms with E-state index < -0.39 is 6.04 Å². The Hall–Kier alpha value is -2.76. The first-order valence-electron chi connectivity index (χ1n) is 6.64. The van der Waals surface area contributed by atoms with Crippen LogP contribution in [-0.2, 0) is 11.3 Å². The molecular weight excluding hydrogens is 268 g/mol. The number of aromatic nitrogens is 2. The molecule has 3 amide bonds. The first kappa shape index (κ1) is 13.2. The van der Waals surface area contributed by atoms with E-state index in [-0.39, 0.29) is 17.8 Å². The van der Waals surface area contributed by atoms with Crippen LogP contribution in [0.1, 0.15) is 12.5 Å². The molecule has 1 aromatic heterocycles. The molecule has 0 radical (unpaired) electrons. The Kier molecular flexibility index (Phi) is 3.35. The number of amides is 3. The van der Waals surface area contributed by atoms with Crippen LogP contribution in [0.15, 0.2) is 48.7 Å². The predicted molar refractivity (Wildman–Crippen MR) is 76.4 cm³/mol. The van der Waals surface area contributed by atoms with Gasteiger partial charge in [0.15, 0.2) is 5.82 Å². The van der Waals surface area contributed by atoms with Crippen LogP contribution in [0.2, 0.25) is 0 Å². The van der Waals surface area contributed by atoms with Gasteiger partial charge in [0.05, 0.1) is 0 Å². The second-order valence-corrected chi connectivity index (χ2v) is 4.83. The lowest BCUT2D eigenvalue weighted by molar-refractivity contribution is -0.119. The van der Waals surface area contributed by atoms with Crippen molar-refractivity contribution in [3.8, 4) is 0 Å². The molecule has 3 rings (SSSR count). The van der Waals surface area contributed by atoms with Crippen LogP contribution in [0, 0.1) is 0 Å². The van der Waals surface area contributed by atoms with Crippen molar-refractivity contribution in [3.63, 3.8) is 0 Å². The molecule has 2 heterocycles. The van der Waals surface area contributed by atoms with E-state index in [0.29, 0.717) is 6.54 Å². The Morgan fingerprint density at radius 1 is 1.10 bits per heavy atom. The molecule has 0 N–H and O–H groups in total. The number of rotatable bonds is 3. The zero-order chi connectivity index (χ0) is 14.8. The van der Waals surface area contributed by atoms with Crippen molar-refractivity contribution in [1.82, 2.24) is 15.1 Å². The molecule has 0 saturated carbocycles. The SMILES string of the molecule is C[C@H]1C(=O)N(c2cccnn2)C(=O)N1Cc1ccccc1. The average molecular weight is 282 g/mol. The molecular formula is C15H14N4O2. The third kappa shape index (κ3) is 2.35. The highest BCUT2D eigenvalue weighted by atomic mass is 16.2. The van der Waals surface area contributed by atoms with E-state index in [0.717, 1.165) is 10.5 Å². The van der Waals surface area contributed by atoms with Crippen LogP contribution >= 0.6 is 0 Å². The molecule has 21 heavy (non-hydrogen) atoms. The molecule has 1 saturated heterocycles. The van der Waals surface area contributed by atoms with Crippen molar-refractivity contribution in [2.24, 2.45) is 0 Å². The third-order valence-electron chi connectivity index (χ3n) is 3.47. The molecule has 6 nitrogen and oxygen atoms in total. The number of imide groups is 1. The Morgan fingerprint density at radius 3 is 2.52 bits per heavy atom. The molecule has 1 aliphatic rings. The number of nitrogens with zero attached hydrogens (tertiary/aromatic N) is 4. The van der Waals surface area contributed by atoms with Crippen molar-refractivity contribution < 1.29 is 9.59 Å². The van der Waals surface area contributed by atoms with E-state index >= 15 is 0 Å². The van der Waals surface area contributed by atoms with Crippen LogP contribution in [0.5, 0.6) is 0 Å². The Labute approximate surface area is 122 Å². The van der Waals surface area contributed by atoms with Crippen LogP contribution in [-0.4, -0.2) is 33.1 Å². The summed E-state index contributed by atoms with van der Waals surface area (Å²) in [7, 11) is 0. The number of hydrogen-bond donors (Lipinski definition) is 0. The van der Waals surface area contributed by atoms with Gasteiger partial charge in [-0.05, 0) is 24.6 Å². The fourth-order valence-electron chi connectivity index (χ4n) is 2.32. The molecule has 1 aromatic carbocycles. The highest BCUT2D eigenvalue weighted by molar-refractivity contribution is 6.20. The molecule has 0 unspecified atom stereocenters. The highest BCUT2D eigenvalue weighted by Gasteiger charge is 2.43. The summed E-state index contributed by atoms with van der Waals surface area (Å²) in [6, 6.07) is 11.9. The van der Waals surface area contributed by atoms with Gasteiger partial charge in [-0.25, -0.2) is 9.69 Å². The summed E-state index contributed by atoms with van der Waals surface area (Å²) < 4.78 is 0. The van der Waals surface area contributed by atoms with Crippen LogP contribution < -0.4 is 4.90 Å². The smallest absolute Gasteiger partial charge is 0.308 e. The summed E-state index contributed by atoms with van der Waals surface area (Å²) in [5.41, 5.74) is 0.978. The largest absolute Gasteiger partial charge is 0.333 e. The first-order chi connectivity index (χ1) is 10.2. The van der Waals surface area contributed by atoms with Crippen LogP contribution in [0.4, 0.5) is 10.6 Å². The summed E-state index contributed by atoms with van der Waals surface area (Å²) in [5, 5.41) is 7.56. The maximum atomic E-state index is 12.5. The van der Waals surface area contributed by atoms with Crippen LogP contribution in [0.25, 0.3) is 0 Å². The average Bonchev–Trinajstić information content (AvgIpc) is 2.73. The van der Waals surface area contributed by atoms with Crippen molar-refractivity contribution in [2.45, 2.75) is 19.5 Å². The second kappa shape index (κ2) is 5.32. The lowest BCUT2D eigenvalue weighted by Crippen LogP contribution is -2.33. The fourth-order valence-corrected chi connectivity index (χ4v) is 2.32. The number of urea groups is 1. The normalized spacial score (nSPS) is 18.4. The molecule has 106 valence electrons. The minimum absolute atomic E-state index is 0.259. The topological polar surface area (TPSA) is 66.4 Å². The summed E-state index contributed by atoms with van der Waals surface area (Å²) in [4.78, 5) is 27.4. The summed E-state index contributed by atoms with van der Waals surface area (Å²) >= 11 is 0. The summed E-state index contributed by atoms with van der Waals surface area (Å²) in [5.74, 6) is -0.0219. The van der Waals surface area contributed by atoms with Crippen LogP contribution in [0.3, 0.4) is 0 Å². The summed E-state index contributed by atoms with van der Waals surface area (Å²) in [6.07, 6.45) is 1.50. The predicted octanol–water partition coefficient (Wildman–Crippen LogP) is 1.83. The van der Waals surface area contributed by atoms with Gasteiger partial charge in [-0.1, -0.05) is 30.3 Å². The molecule has 1 atom stereocenters. The van der Waals surface area contributed by atoms with Gasteiger partial charge in [-0.15, -0.1) is 5.10 Å². The van der Waals surface area contributed by atoms with Gasteiger partial charge in [0.25, 0.3) is 5.91 Å². The maximum absolute atomic E-state index is 12.5. The lowest BCUT2D eigenvalue weighted by atomic mass is 10.2. The maximum Gasteiger partial charge on any atom is 0.333 e. The van der Waals surface area contributed by atoms with E-state index in [1.165, 1.54) is 11.1 Å². The number of carbonyl (C=O) groups is 2. The van der Waals surface area contributed by atoms with E-state index in [9.17, 15) is 9.59 Å². The van der Waals surface area contributed by atoms with Gasteiger partial charge >= 0.3 is 6.03 Å². The van der Waals surface area contributed by atoms with Crippen molar-refractivity contribution in [1.29, 1.82) is 0 Å². The Morgan fingerprint density at radius 2 is 1.86 bits per heavy atom. The fraction of sp³-hybridized carbons (Fsp3) is 0.200. The molecule has 0 aliphatic carbocycles. The van der Waals surface area contributed by atoms with Crippen molar-refractivity contribution in [3.05, 3.63) is 54.2 Å². The van der Waals surface area contributed by atoms with E-state index in [2.05, 4.69) is 10.2 Å². The number of carbonyl (C=O) groups excluding carboxylic acids is 2. The van der Waals surface area contributed by atoms with Gasteiger partial charge in [-0.2, -0.15) is 5.10 Å². The molecule has 1 fully saturated rings. The van der Waals surface area contributed by atoms with Crippen molar-refractivity contribution in [2.75, 3.05) is 4.90 Å². The zero-order valence-electron chi connectivity index (χ0n) is 11.5. The van der Waals surface area contributed by atoms with E-state index in [4.69, 9.17) is 0 Å². The minimum atomic E-state index is -0.514. The van der Waals surface area contributed by atoms with Gasteiger partial charge in [0.1, 0.15) is 6.04 Å². The molecule has 0 bridgehead atoms. The van der Waals surface area contributed by atoms with Gasteiger partial charge in [0, 0.05) is 12.7 Å². The Balaban J connectivity index is 1.87. The van der Waals surface area contributed by atoms with Gasteiger partial charge in [0.2, 0.25) is 0 Å². The second-order valence-electron chi connectivity index (χ2n) is 4.83. The van der Waals surface area contributed by atoms with E-state index in [1.807, 2.05) is 30.3 Å². The quantitative estimate of drug-likeness (QED) is 0.806. The standard InChI is InChI=1S/C15H14N4O2/c1-11-14(20)19(13-8-5-9-16-17-13)15(21)18(11)10-12-6-3-2-4-7-12/h2-9,11H,10H2,1H3/t11-/m0/s1. The molecule has 0 spiro atoms.